The third-order valence-electron chi connectivity index (χ3n) is 3.23. The topological polar surface area (TPSA) is 88.2 Å². The van der Waals surface area contributed by atoms with Crippen LogP contribution in [0.3, 0.4) is 0 Å². The molecule has 1 aromatic carbocycles. The average Bonchev–Trinajstić information content (AvgIpc) is 2.57. The third-order valence-corrected chi connectivity index (χ3v) is 3.23. The molecule has 0 radical (unpaired) electrons. The van der Waals surface area contributed by atoms with Crippen LogP contribution < -0.4 is 10.6 Å². The summed E-state index contributed by atoms with van der Waals surface area (Å²) in [4.78, 5) is 38.8. The summed E-state index contributed by atoms with van der Waals surface area (Å²) < 4.78 is 12.8. The number of hydrogen-bond donors (Lipinski definition) is 2. The van der Waals surface area contributed by atoms with Crippen molar-refractivity contribution < 1.29 is 18.8 Å². The number of nitrogens with one attached hydrogen (secondary N) is 2. The van der Waals surface area contributed by atoms with Gasteiger partial charge in [0.05, 0.1) is 6.20 Å². The van der Waals surface area contributed by atoms with Gasteiger partial charge in [-0.25, -0.2) is 9.37 Å². The zero-order chi connectivity index (χ0) is 18.4. The Hall–Kier alpha value is -3.35. The Balaban J connectivity index is 1.97. The summed E-state index contributed by atoms with van der Waals surface area (Å²) in [5.74, 6) is -1.42. The van der Waals surface area contributed by atoms with E-state index >= 15 is 0 Å². The van der Waals surface area contributed by atoms with E-state index < -0.39 is 17.6 Å². The maximum absolute atomic E-state index is 12.8. The van der Waals surface area contributed by atoms with Crippen LogP contribution in [0.4, 0.5) is 15.9 Å². The molecule has 0 aliphatic rings. The van der Waals surface area contributed by atoms with Crippen LogP contribution in [0, 0.1) is 5.82 Å². The van der Waals surface area contributed by atoms with Gasteiger partial charge in [0.1, 0.15) is 11.6 Å². The van der Waals surface area contributed by atoms with Crippen molar-refractivity contribution in [3.63, 3.8) is 0 Å². The van der Waals surface area contributed by atoms with Gasteiger partial charge in [-0.05, 0) is 50.2 Å². The summed E-state index contributed by atoms with van der Waals surface area (Å²) in [7, 11) is 0. The molecule has 0 aliphatic carbocycles. The van der Waals surface area contributed by atoms with E-state index in [9.17, 15) is 18.8 Å². The van der Waals surface area contributed by atoms with Crippen LogP contribution in [0.25, 0.3) is 0 Å². The molecule has 6 nitrogen and oxygen atoms in total. The van der Waals surface area contributed by atoms with Gasteiger partial charge in [0.15, 0.2) is 5.78 Å². The molecule has 0 bridgehead atoms. The summed E-state index contributed by atoms with van der Waals surface area (Å²) in [6.45, 7) is 2.92. The summed E-state index contributed by atoms with van der Waals surface area (Å²) in [5, 5.41) is 5.05. The predicted molar refractivity (Wildman–Crippen MR) is 91.7 cm³/mol. The molecule has 2 amide bonds. The fourth-order valence-electron chi connectivity index (χ4n) is 1.89. The molecule has 2 rings (SSSR count). The maximum Gasteiger partial charge on any atom is 0.252 e. The smallest absolute Gasteiger partial charge is 0.252 e. The van der Waals surface area contributed by atoms with Crippen LogP contribution in [0.15, 0.2) is 54.2 Å². The molecule has 1 aromatic heterocycles. The molecule has 0 fully saturated rings. The average molecular weight is 341 g/mol. The van der Waals surface area contributed by atoms with Gasteiger partial charge < -0.3 is 10.6 Å². The number of benzene rings is 1. The minimum Gasteiger partial charge on any atom is -0.323 e. The van der Waals surface area contributed by atoms with Gasteiger partial charge in [-0.2, -0.15) is 0 Å². The Morgan fingerprint density at radius 3 is 2.24 bits per heavy atom. The van der Waals surface area contributed by atoms with E-state index in [0.717, 1.165) is 12.3 Å². The van der Waals surface area contributed by atoms with Gasteiger partial charge >= 0.3 is 0 Å². The van der Waals surface area contributed by atoms with Crippen molar-refractivity contribution in [1.29, 1.82) is 0 Å². The molecule has 0 spiro atoms. The lowest BCUT2D eigenvalue weighted by Gasteiger charge is -2.06. The number of rotatable bonds is 5. The van der Waals surface area contributed by atoms with E-state index in [1.807, 2.05) is 0 Å². The molecule has 0 unspecified atom stereocenters. The molecule has 0 atom stereocenters. The molecule has 128 valence electrons. The first-order valence-corrected chi connectivity index (χ1v) is 7.38. The highest BCUT2D eigenvalue weighted by molar-refractivity contribution is 6.09. The van der Waals surface area contributed by atoms with Gasteiger partial charge in [-0.3, -0.25) is 14.4 Å². The quantitative estimate of drug-likeness (QED) is 0.646. The number of carbonyl (C=O) groups is 3. The van der Waals surface area contributed by atoms with Crippen molar-refractivity contribution in [3.8, 4) is 0 Å². The zero-order valence-corrected chi connectivity index (χ0v) is 13.7. The Morgan fingerprint density at radius 2 is 1.68 bits per heavy atom. The number of pyridine rings is 1. The van der Waals surface area contributed by atoms with E-state index in [-0.39, 0.29) is 17.2 Å². The lowest BCUT2D eigenvalue weighted by atomic mass is 10.1. The zero-order valence-electron chi connectivity index (χ0n) is 13.7. The second-order valence-corrected chi connectivity index (χ2v) is 5.27. The largest absolute Gasteiger partial charge is 0.323 e. The number of carbonyl (C=O) groups excluding carboxylic acids is 3. The number of halogens is 1. The minimum absolute atomic E-state index is 0.0697. The molecule has 25 heavy (non-hydrogen) atoms. The van der Waals surface area contributed by atoms with Crippen LogP contribution >= 0.6 is 0 Å². The van der Waals surface area contributed by atoms with Crippen molar-refractivity contribution in [1.82, 2.24) is 4.98 Å². The van der Waals surface area contributed by atoms with E-state index in [2.05, 4.69) is 15.6 Å². The summed E-state index contributed by atoms with van der Waals surface area (Å²) >= 11 is 0. The second-order valence-electron chi connectivity index (χ2n) is 5.27. The number of amides is 2. The van der Waals surface area contributed by atoms with Crippen LogP contribution in [-0.2, 0) is 9.59 Å². The SMILES string of the molecule is CC(=O)c1ccc(NC(=O)/C=C(\C)C(=O)Nc2ccc(F)cn2)cc1. The number of anilines is 2. The Morgan fingerprint density at radius 1 is 1.00 bits per heavy atom. The Labute approximate surface area is 143 Å². The molecule has 7 heteroatoms. The van der Waals surface area contributed by atoms with Crippen molar-refractivity contribution >= 4 is 29.1 Å². The van der Waals surface area contributed by atoms with Gasteiger partial charge in [-0.1, -0.05) is 0 Å². The second kappa shape index (κ2) is 7.96. The monoisotopic (exact) mass is 341 g/mol. The van der Waals surface area contributed by atoms with E-state index in [4.69, 9.17) is 0 Å². The van der Waals surface area contributed by atoms with Crippen LogP contribution in [0.1, 0.15) is 24.2 Å². The Bertz CT molecular complexity index is 828. The molecular formula is C18H16FN3O3. The van der Waals surface area contributed by atoms with Crippen molar-refractivity contribution in [2.75, 3.05) is 10.6 Å². The van der Waals surface area contributed by atoms with E-state index in [1.54, 1.807) is 24.3 Å². The first-order chi connectivity index (χ1) is 11.8. The Kier molecular flexibility index (Phi) is 5.73. The van der Waals surface area contributed by atoms with E-state index in [1.165, 1.54) is 26.0 Å². The van der Waals surface area contributed by atoms with Crippen molar-refractivity contribution in [2.24, 2.45) is 0 Å². The molecule has 0 aliphatic heterocycles. The number of aromatic nitrogens is 1. The summed E-state index contributed by atoms with van der Waals surface area (Å²) in [5.41, 5.74) is 1.19. The highest BCUT2D eigenvalue weighted by Crippen LogP contribution is 2.11. The number of Topliss-reactive ketones (excluding diaryl/α,β-unsaturated/α-hetero) is 1. The number of ketones is 1. The van der Waals surface area contributed by atoms with Crippen LogP contribution in [0.2, 0.25) is 0 Å². The van der Waals surface area contributed by atoms with Gasteiger partial charge in [-0.15, -0.1) is 0 Å². The molecule has 0 saturated heterocycles. The molecule has 2 aromatic rings. The predicted octanol–water partition coefficient (Wildman–Crippen LogP) is 2.95. The van der Waals surface area contributed by atoms with Gasteiger partial charge in [0.2, 0.25) is 5.91 Å². The van der Waals surface area contributed by atoms with Crippen molar-refractivity contribution in [3.05, 3.63) is 65.6 Å². The molecule has 2 N–H and O–H groups in total. The first kappa shape index (κ1) is 18.0. The van der Waals surface area contributed by atoms with Gasteiger partial charge in [0, 0.05) is 22.9 Å². The fraction of sp³-hybridized carbons (Fsp3) is 0.111. The molecular weight excluding hydrogens is 325 g/mol. The van der Waals surface area contributed by atoms with Crippen molar-refractivity contribution in [2.45, 2.75) is 13.8 Å². The minimum atomic E-state index is -0.527. The third kappa shape index (κ3) is 5.35. The fourth-order valence-corrected chi connectivity index (χ4v) is 1.89. The summed E-state index contributed by atoms with van der Waals surface area (Å²) in [6.07, 6.45) is 2.11. The molecule has 0 saturated carbocycles. The highest BCUT2D eigenvalue weighted by Gasteiger charge is 2.09. The lowest BCUT2D eigenvalue weighted by Crippen LogP contribution is -2.16. The maximum atomic E-state index is 12.8. The van der Waals surface area contributed by atoms with E-state index in [0.29, 0.717) is 11.3 Å². The number of nitrogens with zero attached hydrogens (tertiary/aromatic N) is 1. The van der Waals surface area contributed by atoms with Crippen LogP contribution in [-0.4, -0.2) is 22.6 Å². The summed E-state index contributed by atoms with van der Waals surface area (Å²) in [6, 6.07) is 8.87. The standard InChI is InChI=1S/C18H16FN3O3/c1-11(18(25)22-16-8-5-14(19)10-20-16)9-17(24)21-15-6-3-13(4-7-15)12(2)23/h3-10H,1-2H3,(H,21,24)(H,20,22,25)/b11-9+. The normalized spacial score (nSPS) is 10.9. The molecule has 1 heterocycles. The van der Waals surface area contributed by atoms with Gasteiger partial charge in [0.25, 0.3) is 5.91 Å². The van der Waals surface area contributed by atoms with Crippen LogP contribution in [0.5, 0.6) is 0 Å². The lowest BCUT2D eigenvalue weighted by molar-refractivity contribution is -0.114. The first-order valence-electron chi connectivity index (χ1n) is 7.38. The highest BCUT2D eigenvalue weighted by atomic mass is 19.1. The number of hydrogen-bond acceptors (Lipinski definition) is 4.